The summed E-state index contributed by atoms with van der Waals surface area (Å²) < 4.78 is 4.88. The Kier molecular flexibility index (Phi) is 5.37. The Bertz CT molecular complexity index is 230. The van der Waals surface area contributed by atoms with E-state index >= 15 is 0 Å². The largest absolute Gasteiger partial charge is 0.466 e. The van der Waals surface area contributed by atoms with E-state index in [0.717, 1.165) is 5.71 Å². The van der Waals surface area contributed by atoms with Crippen molar-refractivity contribution in [1.82, 2.24) is 0 Å². The molecule has 1 aliphatic rings. The fourth-order valence-electron chi connectivity index (χ4n) is 1.99. The number of carbonyl (C=O) groups is 1. The van der Waals surface area contributed by atoms with Gasteiger partial charge in [-0.15, -0.1) is 0 Å². The van der Waals surface area contributed by atoms with Crippen molar-refractivity contribution in [3.8, 4) is 0 Å². The summed E-state index contributed by atoms with van der Waals surface area (Å²) in [5, 5.41) is 0. The molecule has 0 aromatic carbocycles. The number of carbonyl (C=O) groups excluding carboxylic acids is 1. The fraction of sp³-hybridized carbons (Fsp3) is 0.833. The average Bonchev–Trinajstić information content (AvgIpc) is 2.19. The highest BCUT2D eigenvalue weighted by Crippen LogP contribution is 2.20. The summed E-state index contributed by atoms with van der Waals surface area (Å²) in [5.41, 5.74) is 0.917. The van der Waals surface area contributed by atoms with Crippen LogP contribution in [0.2, 0.25) is 0 Å². The van der Waals surface area contributed by atoms with Crippen LogP contribution in [0.3, 0.4) is 0 Å². The molecular weight excluding hydrogens is 190 g/mol. The lowest BCUT2D eigenvalue weighted by molar-refractivity contribution is -0.141. The van der Waals surface area contributed by atoms with Gasteiger partial charge in [-0.3, -0.25) is 9.79 Å². The van der Waals surface area contributed by atoms with Crippen LogP contribution in [0.25, 0.3) is 0 Å². The molecule has 0 atom stereocenters. The zero-order valence-electron chi connectivity index (χ0n) is 9.79. The summed E-state index contributed by atoms with van der Waals surface area (Å²) in [4.78, 5) is 15.8. The highest BCUT2D eigenvalue weighted by atomic mass is 16.5. The third-order valence-corrected chi connectivity index (χ3v) is 2.68. The first-order valence-electron chi connectivity index (χ1n) is 5.91. The lowest BCUT2D eigenvalue weighted by Gasteiger charge is -2.18. The predicted molar refractivity (Wildman–Crippen MR) is 61.2 cm³/mol. The van der Waals surface area contributed by atoms with Crippen molar-refractivity contribution >= 4 is 11.7 Å². The standard InChI is InChI=1S/C12H21NO2/c1-3-15-12(14)9-10(2)13-11-7-5-4-6-8-11/h11H,3-9H2,1-2H3. The first-order valence-corrected chi connectivity index (χ1v) is 5.91. The molecule has 0 saturated heterocycles. The second-order valence-electron chi connectivity index (χ2n) is 4.14. The Morgan fingerprint density at radius 3 is 2.60 bits per heavy atom. The highest BCUT2D eigenvalue weighted by molar-refractivity contribution is 5.97. The molecule has 0 radical (unpaired) electrons. The SMILES string of the molecule is CCOC(=O)CC(C)=NC1CCCCC1. The van der Waals surface area contributed by atoms with Crippen LogP contribution >= 0.6 is 0 Å². The molecule has 3 nitrogen and oxygen atoms in total. The molecule has 15 heavy (non-hydrogen) atoms. The molecule has 0 unspecified atom stereocenters. The lowest BCUT2D eigenvalue weighted by atomic mass is 9.96. The molecular formula is C12H21NO2. The summed E-state index contributed by atoms with van der Waals surface area (Å²) in [6.07, 6.45) is 6.61. The Morgan fingerprint density at radius 2 is 2.00 bits per heavy atom. The number of hydrogen-bond acceptors (Lipinski definition) is 3. The molecule has 0 aromatic rings. The Morgan fingerprint density at radius 1 is 1.33 bits per heavy atom. The topological polar surface area (TPSA) is 38.7 Å². The van der Waals surface area contributed by atoms with E-state index in [2.05, 4.69) is 4.99 Å². The minimum Gasteiger partial charge on any atom is -0.466 e. The van der Waals surface area contributed by atoms with E-state index in [1.54, 1.807) is 0 Å². The Labute approximate surface area is 91.9 Å². The maximum atomic E-state index is 11.2. The van der Waals surface area contributed by atoms with Gasteiger partial charge in [0.05, 0.1) is 13.0 Å². The third kappa shape index (κ3) is 4.96. The van der Waals surface area contributed by atoms with E-state index in [4.69, 9.17) is 4.74 Å². The number of rotatable bonds is 4. The van der Waals surface area contributed by atoms with Gasteiger partial charge < -0.3 is 4.74 Å². The van der Waals surface area contributed by atoms with Crippen molar-refractivity contribution in [1.29, 1.82) is 0 Å². The lowest BCUT2D eigenvalue weighted by Crippen LogP contribution is -2.14. The number of nitrogens with zero attached hydrogens (tertiary/aromatic N) is 1. The smallest absolute Gasteiger partial charge is 0.311 e. The summed E-state index contributed by atoms with van der Waals surface area (Å²) in [6.45, 7) is 4.20. The van der Waals surface area contributed by atoms with Gasteiger partial charge in [0.25, 0.3) is 0 Å². The first kappa shape index (κ1) is 12.2. The summed E-state index contributed by atoms with van der Waals surface area (Å²) in [5.74, 6) is -0.158. The van der Waals surface area contributed by atoms with E-state index in [-0.39, 0.29) is 5.97 Å². The molecule has 0 N–H and O–H groups in total. The quantitative estimate of drug-likeness (QED) is 0.529. The van der Waals surface area contributed by atoms with Crippen molar-refractivity contribution in [2.75, 3.05) is 6.61 Å². The molecule has 0 heterocycles. The van der Waals surface area contributed by atoms with E-state index < -0.39 is 0 Å². The third-order valence-electron chi connectivity index (χ3n) is 2.68. The van der Waals surface area contributed by atoms with Gasteiger partial charge >= 0.3 is 5.97 Å². The molecule has 0 aromatic heterocycles. The minimum absolute atomic E-state index is 0.158. The molecule has 1 aliphatic carbocycles. The van der Waals surface area contributed by atoms with Crippen molar-refractivity contribution in [3.05, 3.63) is 0 Å². The van der Waals surface area contributed by atoms with Gasteiger partial charge in [0.15, 0.2) is 0 Å². The van der Waals surface area contributed by atoms with Gasteiger partial charge in [0.2, 0.25) is 0 Å². The van der Waals surface area contributed by atoms with Gasteiger partial charge in [-0.25, -0.2) is 0 Å². The summed E-state index contributed by atoms with van der Waals surface area (Å²) >= 11 is 0. The monoisotopic (exact) mass is 211 g/mol. The van der Waals surface area contributed by atoms with E-state index in [1.807, 2.05) is 13.8 Å². The maximum absolute atomic E-state index is 11.2. The van der Waals surface area contributed by atoms with Crippen LogP contribution in [0.1, 0.15) is 52.4 Å². The number of ether oxygens (including phenoxy) is 1. The normalized spacial score (nSPS) is 18.9. The molecule has 0 aliphatic heterocycles. The summed E-state index contributed by atoms with van der Waals surface area (Å²) in [7, 11) is 0. The van der Waals surface area contributed by atoms with Crippen LogP contribution in [0.15, 0.2) is 4.99 Å². The van der Waals surface area contributed by atoms with Crippen LogP contribution in [-0.4, -0.2) is 24.3 Å². The second-order valence-corrected chi connectivity index (χ2v) is 4.14. The molecule has 1 fully saturated rings. The minimum atomic E-state index is -0.158. The second kappa shape index (κ2) is 6.59. The first-order chi connectivity index (χ1) is 7.22. The zero-order valence-corrected chi connectivity index (χ0v) is 9.79. The average molecular weight is 211 g/mol. The number of aliphatic imine (C=N–C) groups is 1. The van der Waals surface area contributed by atoms with Gasteiger partial charge in [-0.05, 0) is 26.7 Å². The molecule has 86 valence electrons. The van der Waals surface area contributed by atoms with E-state index in [1.165, 1.54) is 32.1 Å². The van der Waals surface area contributed by atoms with Crippen LogP contribution in [-0.2, 0) is 9.53 Å². The zero-order chi connectivity index (χ0) is 11.1. The van der Waals surface area contributed by atoms with Gasteiger partial charge in [-0.1, -0.05) is 19.3 Å². The van der Waals surface area contributed by atoms with Gasteiger partial charge in [0, 0.05) is 11.8 Å². The van der Waals surface area contributed by atoms with Crippen molar-refractivity contribution in [3.63, 3.8) is 0 Å². The van der Waals surface area contributed by atoms with Gasteiger partial charge in [0.1, 0.15) is 0 Å². The van der Waals surface area contributed by atoms with Crippen molar-refractivity contribution in [2.24, 2.45) is 4.99 Å². The van der Waals surface area contributed by atoms with Crippen LogP contribution < -0.4 is 0 Å². The molecule has 1 saturated carbocycles. The number of hydrogen-bond donors (Lipinski definition) is 0. The van der Waals surface area contributed by atoms with E-state index in [9.17, 15) is 4.79 Å². The van der Waals surface area contributed by atoms with Crippen LogP contribution in [0.4, 0.5) is 0 Å². The van der Waals surface area contributed by atoms with Crippen molar-refractivity contribution < 1.29 is 9.53 Å². The molecule has 3 heteroatoms. The van der Waals surface area contributed by atoms with Crippen molar-refractivity contribution in [2.45, 2.75) is 58.4 Å². The predicted octanol–water partition coefficient (Wildman–Crippen LogP) is 2.73. The highest BCUT2D eigenvalue weighted by Gasteiger charge is 2.13. The Hall–Kier alpha value is -0.860. The molecule has 0 spiro atoms. The van der Waals surface area contributed by atoms with Gasteiger partial charge in [-0.2, -0.15) is 0 Å². The Balaban J connectivity index is 2.33. The van der Waals surface area contributed by atoms with Crippen LogP contribution in [0, 0.1) is 0 Å². The molecule has 0 bridgehead atoms. The molecule has 0 amide bonds. The maximum Gasteiger partial charge on any atom is 0.311 e. The van der Waals surface area contributed by atoms with E-state index in [0.29, 0.717) is 19.1 Å². The molecule has 1 rings (SSSR count). The summed E-state index contributed by atoms with van der Waals surface area (Å²) in [6, 6.07) is 0.452. The fourth-order valence-corrected chi connectivity index (χ4v) is 1.99. The number of esters is 1. The van der Waals surface area contributed by atoms with Crippen LogP contribution in [0.5, 0.6) is 0 Å².